The number of ether oxygens (including phenoxy) is 1. The molecule has 0 heterocycles. The molecule has 1 fully saturated rings. The number of hydrogen-bond acceptors (Lipinski definition) is 2. The van der Waals surface area contributed by atoms with Crippen molar-refractivity contribution in [1.29, 1.82) is 0 Å². The first-order valence-electron chi connectivity index (χ1n) is 6.23. The number of rotatable bonds is 6. The zero-order valence-corrected chi connectivity index (χ0v) is 10.2. The van der Waals surface area contributed by atoms with Gasteiger partial charge in [-0.25, -0.2) is 0 Å². The fourth-order valence-corrected chi connectivity index (χ4v) is 1.66. The monoisotopic (exact) mass is 219 g/mol. The first-order valence-corrected chi connectivity index (χ1v) is 6.23. The molecule has 1 aromatic carbocycles. The van der Waals surface area contributed by atoms with Crippen LogP contribution in [0.4, 0.5) is 0 Å². The van der Waals surface area contributed by atoms with E-state index in [1.54, 1.807) is 0 Å². The van der Waals surface area contributed by atoms with Crippen LogP contribution in [-0.2, 0) is 6.42 Å². The minimum atomic E-state index is 0.490. The zero-order valence-electron chi connectivity index (χ0n) is 10.2. The largest absolute Gasteiger partial charge is 0.490 e. The average Bonchev–Trinajstić information content (AvgIpc) is 3.02. The molecule has 1 aliphatic carbocycles. The molecular weight excluding hydrogens is 198 g/mol. The van der Waals surface area contributed by atoms with Gasteiger partial charge in [-0.2, -0.15) is 0 Å². The molecule has 2 heteroatoms. The molecule has 1 saturated carbocycles. The molecule has 1 N–H and O–H groups in total. The van der Waals surface area contributed by atoms with E-state index in [-0.39, 0.29) is 0 Å². The second-order valence-corrected chi connectivity index (χ2v) is 4.82. The normalized spacial score (nSPS) is 15.4. The Morgan fingerprint density at radius 1 is 1.38 bits per heavy atom. The van der Waals surface area contributed by atoms with Crippen LogP contribution in [0, 0.1) is 0 Å². The predicted octanol–water partition coefficient (Wildman–Crippen LogP) is 2.77. The second kappa shape index (κ2) is 5.35. The summed E-state index contributed by atoms with van der Waals surface area (Å²) in [6, 6.07) is 9.04. The Bertz CT molecular complexity index is 331. The van der Waals surface area contributed by atoms with Gasteiger partial charge in [-0.1, -0.05) is 26.0 Å². The van der Waals surface area contributed by atoms with Crippen LogP contribution in [0.15, 0.2) is 24.3 Å². The van der Waals surface area contributed by atoms with Gasteiger partial charge in [0.25, 0.3) is 0 Å². The SMILES string of the molecule is CC(C)NCCc1cccc(OC2CC2)c1. The molecule has 2 rings (SSSR count). The summed E-state index contributed by atoms with van der Waals surface area (Å²) in [6.45, 7) is 5.38. The molecule has 0 amide bonds. The maximum absolute atomic E-state index is 5.77. The Hall–Kier alpha value is -1.02. The van der Waals surface area contributed by atoms with Gasteiger partial charge in [-0.15, -0.1) is 0 Å². The van der Waals surface area contributed by atoms with E-state index in [4.69, 9.17) is 4.74 Å². The van der Waals surface area contributed by atoms with Crippen molar-refractivity contribution in [2.24, 2.45) is 0 Å². The molecule has 0 bridgehead atoms. The van der Waals surface area contributed by atoms with Crippen LogP contribution < -0.4 is 10.1 Å². The summed E-state index contributed by atoms with van der Waals surface area (Å²) in [5.41, 5.74) is 1.35. The van der Waals surface area contributed by atoms with E-state index in [1.807, 2.05) is 0 Å². The Kier molecular flexibility index (Phi) is 3.83. The third-order valence-electron chi connectivity index (χ3n) is 2.69. The third-order valence-corrected chi connectivity index (χ3v) is 2.69. The van der Waals surface area contributed by atoms with Crippen molar-refractivity contribution in [3.8, 4) is 5.75 Å². The zero-order chi connectivity index (χ0) is 11.4. The lowest BCUT2D eigenvalue weighted by atomic mass is 10.1. The maximum Gasteiger partial charge on any atom is 0.119 e. The molecule has 0 aromatic heterocycles. The molecule has 0 unspecified atom stereocenters. The van der Waals surface area contributed by atoms with Gasteiger partial charge in [0.2, 0.25) is 0 Å². The van der Waals surface area contributed by atoms with Gasteiger partial charge in [0.1, 0.15) is 5.75 Å². The van der Waals surface area contributed by atoms with Crippen molar-refractivity contribution in [1.82, 2.24) is 5.32 Å². The summed E-state index contributed by atoms with van der Waals surface area (Å²) in [4.78, 5) is 0. The van der Waals surface area contributed by atoms with Crippen LogP contribution in [0.5, 0.6) is 5.75 Å². The standard InChI is InChI=1S/C14H21NO/c1-11(2)15-9-8-12-4-3-5-14(10-12)16-13-6-7-13/h3-5,10-11,13,15H,6-9H2,1-2H3. The van der Waals surface area contributed by atoms with Crippen LogP contribution in [0.2, 0.25) is 0 Å². The highest BCUT2D eigenvalue weighted by Crippen LogP contribution is 2.27. The summed E-state index contributed by atoms with van der Waals surface area (Å²) in [5.74, 6) is 1.03. The maximum atomic E-state index is 5.77. The Balaban J connectivity index is 1.83. The van der Waals surface area contributed by atoms with Gasteiger partial charge in [-0.3, -0.25) is 0 Å². The van der Waals surface area contributed by atoms with E-state index in [2.05, 4.69) is 43.4 Å². The first-order chi connectivity index (χ1) is 7.74. The van der Waals surface area contributed by atoms with Crippen molar-refractivity contribution in [3.05, 3.63) is 29.8 Å². The first kappa shape index (κ1) is 11.5. The van der Waals surface area contributed by atoms with Gasteiger partial charge < -0.3 is 10.1 Å². The van der Waals surface area contributed by atoms with Crippen LogP contribution >= 0.6 is 0 Å². The lowest BCUT2D eigenvalue weighted by molar-refractivity contribution is 0.303. The van der Waals surface area contributed by atoms with Crippen LogP contribution in [0.1, 0.15) is 32.3 Å². The Morgan fingerprint density at radius 2 is 2.19 bits per heavy atom. The lowest BCUT2D eigenvalue weighted by Gasteiger charge is -2.09. The molecule has 0 atom stereocenters. The molecule has 2 nitrogen and oxygen atoms in total. The smallest absolute Gasteiger partial charge is 0.119 e. The molecule has 0 radical (unpaired) electrons. The lowest BCUT2D eigenvalue weighted by Crippen LogP contribution is -2.24. The molecule has 0 aliphatic heterocycles. The minimum Gasteiger partial charge on any atom is -0.490 e. The molecule has 1 aromatic rings. The second-order valence-electron chi connectivity index (χ2n) is 4.82. The topological polar surface area (TPSA) is 21.3 Å². The Morgan fingerprint density at radius 3 is 2.88 bits per heavy atom. The van der Waals surface area contributed by atoms with Gasteiger partial charge in [0.05, 0.1) is 6.10 Å². The number of nitrogens with one attached hydrogen (secondary N) is 1. The highest BCUT2D eigenvalue weighted by Gasteiger charge is 2.23. The summed E-state index contributed by atoms with van der Waals surface area (Å²) >= 11 is 0. The van der Waals surface area contributed by atoms with E-state index in [9.17, 15) is 0 Å². The van der Waals surface area contributed by atoms with Crippen molar-refractivity contribution >= 4 is 0 Å². The summed E-state index contributed by atoms with van der Waals surface area (Å²) in [6.07, 6.45) is 4.00. The summed E-state index contributed by atoms with van der Waals surface area (Å²) in [7, 11) is 0. The van der Waals surface area contributed by atoms with Crippen molar-refractivity contribution in [2.75, 3.05) is 6.54 Å². The van der Waals surface area contributed by atoms with Gasteiger partial charge in [-0.05, 0) is 43.5 Å². The average molecular weight is 219 g/mol. The molecular formula is C14H21NO. The van der Waals surface area contributed by atoms with Gasteiger partial charge in [0.15, 0.2) is 0 Å². The van der Waals surface area contributed by atoms with Crippen LogP contribution in [0.25, 0.3) is 0 Å². The predicted molar refractivity (Wildman–Crippen MR) is 66.9 cm³/mol. The van der Waals surface area contributed by atoms with Crippen LogP contribution in [-0.4, -0.2) is 18.7 Å². The van der Waals surface area contributed by atoms with E-state index in [0.29, 0.717) is 12.1 Å². The number of hydrogen-bond donors (Lipinski definition) is 1. The quantitative estimate of drug-likeness (QED) is 0.794. The van der Waals surface area contributed by atoms with Gasteiger partial charge in [0, 0.05) is 6.04 Å². The molecule has 16 heavy (non-hydrogen) atoms. The number of benzene rings is 1. The van der Waals surface area contributed by atoms with Crippen molar-refractivity contribution in [3.63, 3.8) is 0 Å². The van der Waals surface area contributed by atoms with E-state index >= 15 is 0 Å². The molecule has 1 aliphatic rings. The molecule has 0 saturated heterocycles. The summed E-state index contributed by atoms with van der Waals surface area (Å²) < 4.78 is 5.77. The van der Waals surface area contributed by atoms with Crippen LogP contribution in [0.3, 0.4) is 0 Å². The van der Waals surface area contributed by atoms with Crippen molar-refractivity contribution in [2.45, 2.75) is 45.3 Å². The van der Waals surface area contributed by atoms with E-state index < -0.39 is 0 Å². The third kappa shape index (κ3) is 3.86. The fraction of sp³-hybridized carbons (Fsp3) is 0.571. The van der Waals surface area contributed by atoms with E-state index in [1.165, 1.54) is 18.4 Å². The fourth-order valence-electron chi connectivity index (χ4n) is 1.66. The van der Waals surface area contributed by atoms with E-state index in [0.717, 1.165) is 18.7 Å². The minimum absolute atomic E-state index is 0.490. The van der Waals surface area contributed by atoms with Crippen molar-refractivity contribution < 1.29 is 4.74 Å². The summed E-state index contributed by atoms with van der Waals surface area (Å²) in [5, 5.41) is 3.43. The molecule has 0 spiro atoms. The Labute approximate surface area is 98.0 Å². The molecule has 88 valence electrons. The highest BCUT2D eigenvalue weighted by molar-refractivity contribution is 5.29. The highest BCUT2D eigenvalue weighted by atomic mass is 16.5. The van der Waals surface area contributed by atoms with Gasteiger partial charge >= 0.3 is 0 Å².